The first kappa shape index (κ1) is 13.2. The van der Waals surface area contributed by atoms with Crippen molar-refractivity contribution in [2.75, 3.05) is 19.8 Å². The molecule has 0 unspecified atom stereocenters. The third kappa shape index (κ3) is 5.27. The summed E-state index contributed by atoms with van der Waals surface area (Å²) in [4.78, 5) is 14.1. The van der Waals surface area contributed by atoms with Gasteiger partial charge >= 0.3 is 0 Å². The molecule has 1 heterocycles. The van der Waals surface area contributed by atoms with E-state index >= 15 is 0 Å². The second-order valence-electron chi connectivity index (χ2n) is 4.77. The molecule has 0 atom stereocenters. The molecular formula is C10H19NO5. The van der Waals surface area contributed by atoms with Gasteiger partial charge in [-0.3, -0.25) is 0 Å². The highest BCUT2D eigenvalue weighted by Crippen LogP contribution is 2.24. The van der Waals surface area contributed by atoms with E-state index < -0.39 is 5.09 Å². The Labute approximate surface area is 95.0 Å². The highest BCUT2D eigenvalue weighted by atomic mass is 16.9. The molecule has 1 rings (SSSR count). The Kier molecular flexibility index (Phi) is 4.95. The summed E-state index contributed by atoms with van der Waals surface area (Å²) in [5.74, 6) is 0. The Morgan fingerprint density at radius 1 is 1.38 bits per heavy atom. The molecule has 0 bridgehead atoms. The van der Waals surface area contributed by atoms with Crippen molar-refractivity contribution in [2.24, 2.45) is 5.41 Å². The van der Waals surface area contributed by atoms with Gasteiger partial charge in [0.25, 0.3) is 5.09 Å². The fourth-order valence-electron chi connectivity index (χ4n) is 1.45. The van der Waals surface area contributed by atoms with Crippen LogP contribution in [-0.4, -0.2) is 31.2 Å². The van der Waals surface area contributed by atoms with Crippen molar-refractivity contribution in [1.29, 1.82) is 0 Å². The monoisotopic (exact) mass is 233 g/mol. The largest absolute Gasteiger partial charge is 0.352 e. The Balaban J connectivity index is 2.00. The molecule has 94 valence electrons. The molecule has 16 heavy (non-hydrogen) atoms. The topological polar surface area (TPSA) is 70.8 Å². The minimum Gasteiger partial charge on any atom is -0.352 e. The highest BCUT2D eigenvalue weighted by molar-refractivity contribution is 4.71. The molecule has 1 aliphatic rings. The van der Waals surface area contributed by atoms with Gasteiger partial charge in [0.1, 0.15) is 0 Å². The zero-order valence-corrected chi connectivity index (χ0v) is 9.81. The highest BCUT2D eigenvalue weighted by Gasteiger charge is 2.27. The van der Waals surface area contributed by atoms with Crippen molar-refractivity contribution >= 4 is 0 Å². The molecule has 6 nitrogen and oxygen atoms in total. The maximum atomic E-state index is 9.87. The van der Waals surface area contributed by atoms with E-state index in [2.05, 4.69) is 18.7 Å². The number of nitrogens with zero attached hydrogens (tertiary/aromatic N) is 1. The van der Waals surface area contributed by atoms with Crippen LogP contribution in [0.1, 0.15) is 33.1 Å². The van der Waals surface area contributed by atoms with Crippen LogP contribution in [-0.2, 0) is 14.3 Å². The van der Waals surface area contributed by atoms with Gasteiger partial charge in [-0.2, -0.15) is 0 Å². The smallest absolute Gasteiger partial charge is 0.294 e. The normalized spacial score (nSPS) is 20.6. The molecule has 0 aromatic heterocycles. The van der Waals surface area contributed by atoms with Crippen molar-refractivity contribution in [3.63, 3.8) is 0 Å². The maximum absolute atomic E-state index is 9.87. The Morgan fingerprint density at radius 3 is 2.56 bits per heavy atom. The summed E-state index contributed by atoms with van der Waals surface area (Å²) >= 11 is 0. The molecule has 0 radical (unpaired) electrons. The molecule has 0 saturated carbocycles. The fraction of sp³-hybridized carbons (Fsp3) is 1.00. The molecule has 1 fully saturated rings. The van der Waals surface area contributed by atoms with Crippen molar-refractivity contribution < 1.29 is 19.4 Å². The summed E-state index contributed by atoms with van der Waals surface area (Å²) < 4.78 is 11.0. The number of unbranched alkanes of at least 4 members (excludes halogenated alkanes) is 1. The molecular weight excluding hydrogens is 214 g/mol. The van der Waals surface area contributed by atoms with Crippen LogP contribution < -0.4 is 0 Å². The fourth-order valence-corrected chi connectivity index (χ4v) is 1.45. The van der Waals surface area contributed by atoms with E-state index in [9.17, 15) is 10.1 Å². The third-order valence-corrected chi connectivity index (χ3v) is 2.35. The lowest BCUT2D eigenvalue weighted by Gasteiger charge is -2.34. The first-order chi connectivity index (χ1) is 7.49. The van der Waals surface area contributed by atoms with Gasteiger partial charge in [0.15, 0.2) is 6.29 Å². The van der Waals surface area contributed by atoms with E-state index in [0.717, 1.165) is 12.8 Å². The summed E-state index contributed by atoms with van der Waals surface area (Å²) in [6, 6.07) is 0. The minimum absolute atomic E-state index is 0.0885. The van der Waals surface area contributed by atoms with Crippen LogP contribution in [0.25, 0.3) is 0 Å². The summed E-state index contributed by atoms with van der Waals surface area (Å²) in [5.41, 5.74) is 0.0885. The predicted molar refractivity (Wildman–Crippen MR) is 56.3 cm³/mol. The van der Waals surface area contributed by atoms with E-state index in [0.29, 0.717) is 19.6 Å². The maximum Gasteiger partial charge on any atom is 0.294 e. The van der Waals surface area contributed by atoms with Gasteiger partial charge in [0.2, 0.25) is 0 Å². The van der Waals surface area contributed by atoms with Crippen LogP contribution in [0.5, 0.6) is 0 Å². The van der Waals surface area contributed by atoms with Gasteiger partial charge < -0.3 is 14.3 Å². The first-order valence-corrected chi connectivity index (χ1v) is 5.50. The summed E-state index contributed by atoms with van der Waals surface area (Å²) in [5, 5.41) is 9.10. The van der Waals surface area contributed by atoms with E-state index in [1.807, 2.05) is 0 Å². The van der Waals surface area contributed by atoms with Gasteiger partial charge in [0, 0.05) is 5.41 Å². The molecule has 0 amide bonds. The Morgan fingerprint density at radius 2 is 2.00 bits per heavy atom. The molecule has 1 saturated heterocycles. The molecule has 0 aromatic carbocycles. The van der Waals surface area contributed by atoms with Crippen LogP contribution in [0.2, 0.25) is 0 Å². The predicted octanol–water partition coefficient (Wildman–Crippen LogP) is 1.76. The molecule has 0 N–H and O–H groups in total. The summed E-state index contributed by atoms with van der Waals surface area (Å²) in [6.07, 6.45) is 2.05. The average molecular weight is 233 g/mol. The number of hydrogen-bond acceptors (Lipinski definition) is 5. The average Bonchev–Trinajstić information content (AvgIpc) is 2.19. The van der Waals surface area contributed by atoms with Crippen molar-refractivity contribution in [2.45, 2.75) is 39.4 Å². The molecule has 6 heteroatoms. The second-order valence-corrected chi connectivity index (χ2v) is 4.77. The first-order valence-electron chi connectivity index (χ1n) is 5.50. The Hall–Kier alpha value is -0.880. The molecule has 1 aliphatic heterocycles. The number of rotatable bonds is 6. The van der Waals surface area contributed by atoms with E-state index in [1.165, 1.54) is 0 Å². The second kappa shape index (κ2) is 6.00. The quantitative estimate of drug-likeness (QED) is 0.397. The van der Waals surface area contributed by atoms with Crippen molar-refractivity contribution in [3.8, 4) is 0 Å². The number of hydrogen-bond donors (Lipinski definition) is 0. The van der Waals surface area contributed by atoms with Crippen LogP contribution in [0.3, 0.4) is 0 Å². The standard InChI is InChI=1S/C10H19NO5/c1-10(2)7-14-9(15-8-10)5-3-4-6-16-11(12)13/h9H,3-8H2,1-2H3. The molecule has 0 aliphatic carbocycles. The van der Waals surface area contributed by atoms with Crippen molar-refractivity contribution in [3.05, 3.63) is 10.1 Å². The number of ether oxygens (including phenoxy) is 2. The van der Waals surface area contributed by atoms with E-state index in [4.69, 9.17) is 9.47 Å². The molecule has 0 spiro atoms. The third-order valence-electron chi connectivity index (χ3n) is 2.35. The van der Waals surface area contributed by atoms with Gasteiger partial charge in [0.05, 0.1) is 19.8 Å². The minimum atomic E-state index is -0.768. The van der Waals surface area contributed by atoms with E-state index in [-0.39, 0.29) is 18.3 Å². The lowest BCUT2D eigenvalue weighted by Crippen LogP contribution is -2.37. The van der Waals surface area contributed by atoms with Crippen LogP contribution in [0.4, 0.5) is 0 Å². The van der Waals surface area contributed by atoms with Gasteiger partial charge in [-0.1, -0.05) is 13.8 Å². The van der Waals surface area contributed by atoms with Gasteiger partial charge in [-0.25, -0.2) is 0 Å². The lowest BCUT2D eigenvalue weighted by molar-refractivity contribution is -0.757. The van der Waals surface area contributed by atoms with Gasteiger partial charge in [-0.05, 0) is 19.3 Å². The van der Waals surface area contributed by atoms with Crippen LogP contribution >= 0.6 is 0 Å². The van der Waals surface area contributed by atoms with E-state index in [1.54, 1.807) is 0 Å². The summed E-state index contributed by atoms with van der Waals surface area (Å²) in [6.45, 7) is 5.72. The summed E-state index contributed by atoms with van der Waals surface area (Å²) in [7, 11) is 0. The SMILES string of the molecule is CC1(C)COC(CCCCO[N+](=O)[O-])OC1. The zero-order chi connectivity index (χ0) is 12.0. The van der Waals surface area contributed by atoms with Crippen molar-refractivity contribution in [1.82, 2.24) is 0 Å². The lowest BCUT2D eigenvalue weighted by atomic mass is 9.95. The van der Waals surface area contributed by atoms with Gasteiger partial charge in [-0.15, -0.1) is 10.1 Å². The van der Waals surface area contributed by atoms with Crippen LogP contribution in [0.15, 0.2) is 0 Å². The Bertz CT molecular complexity index is 221. The molecule has 0 aromatic rings. The van der Waals surface area contributed by atoms with Crippen LogP contribution in [0, 0.1) is 15.5 Å². The zero-order valence-electron chi connectivity index (χ0n) is 9.81.